The maximum Gasteiger partial charge on any atom is 0.166 e. The van der Waals surface area contributed by atoms with Crippen LogP contribution in [-0.2, 0) is 0 Å². The smallest absolute Gasteiger partial charge is 0.166 e. The van der Waals surface area contributed by atoms with Crippen LogP contribution in [0.25, 0.3) is 168 Å². The van der Waals surface area contributed by atoms with Gasteiger partial charge in [-0.15, -0.1) is 0 Å². The van der Waals surface area contributed by atoms with Gasteiger partial charge in [-0.25, -0.2) is 39.9 Å². The molecule has 11 aromatic carbocycles. The van der Waals surface area contributed by atoms with E-state index in [4.69, 9.17) is 39.9 Å². The molecule has 0 unspecified atom stereocenters. The van der Waals surface area contributed by atoms with E-state index < -0.39 is 0 Å². The van der Waals surface area contributed by atoms with Crippen molar-refractivity contribution in [3.8, 4) is 125 Å². The van der Waals surface area contributed by atoms with Gasteiger partial charge in [0.15, 0.2) is 34.9 Å². The number of aromatic nitrogens is 10. The number of nitrogens with zero attached hydrogens (tertiary/aromatic N) is 10. The molecule has 0 aliphatic heterocycles. The fourth-order valence-electron chi connectivity index (χ4n) is 13.0. The van der Waals surface area contributed by atoms with Crippen LogP contribution in [0.4, 0.5) is 0 Å². The molecule has 10 nitrogen and oxygen atoms in total. The second kappa shape index (κ2) is 23.3. The summed E-state index contributed by atoms with van der Waals surface area (Å²) >= 11 is 0. The Balaban J connectivity index is 1.02. The van der Waals surface area contributed by atoms with Gasteiger partial charge in [0.05, 0.1) is 50.5 Å². The molecule has 0 amide bonds. The highest BCUT2D eigenvalue weighted by molar-refractivity contribution is 6.13. The zero-order chi connectivity index (χ0) is 62.6. The highest BCUT2D eigenvalue weighted by Crippen LogP contribution is 2.46. The molecule has 0 atom stereocenters. The third kappa shape index (κ3) is 10.1. The van der Waals surface area contributed by atoms with Gasteiger partial charge in [-0.05, 0) is 98.8 Å². The molecule has 0 saturated heterocycles. The van der Waals surface area contributed by atoms with Crippen LogP contribution in [0.5, 0.6) is 0 Å². The van der Waals surface area contributed by atoms with E-state index in [1.54, 1.807) is 0 Å². The van der Waals surface area contributed by atoms with Gasteiger partial charge >= 0.3 is 0 Å². The Bertz CT molecular complexity index is 5270. The predicted molar refractivity (Wildman–Crippen MR) is 381 cm³/mol. The average Bonchev–Trinajstić information content (AvgIpc) is 1.50. The Hall–Kier alpha value is -12.7. The SMILES string of the molecule is Cc1ccc2c(c1)c1cc(C)ccc1n2-c1c(-c2nc(-c3ccccc3)nc(-c3ccccc3)n2)cc(-n2c3ccc(-c4cccc(-c5ccccc5)n4)cc3c3cc(-c4cccc(-c5ccccc5)n4)ccc32)cc1-c1nc(-c2ccccc2)nc(-c2ccccc2)n1. The van der Waals surface area contributed by atoms with Crippen LogP contribution in [0.1, 0.15) is 11.1 Å². The van der Waals surface area contributed by atoms with Crippen molar-refractivity contribution in [3.05, 3.63) is 314 Å². The molecule has 17 rings (SSSR count). The van der Waals surface area contributed by atoms with Crippen molar-refractivity contribution in [1.82, 2.24) is 49.0 Å². The maximum atomic E-state index is 5.61. The minimum Gasteiger partial charge on any atom is -0.309 e. The second-order valence-corrected chi connectivity index (χ2v) is 23.7. The third-order valence-electron chi connectivity index (χ3n) is 17.5. The summed E-state index contributed by atoms with van der Waals surface area (Å²) in [4.78, 5) is 43.6. The number of fused-ring (bicyclic) bond motifs is 6. The van der Waals surface area contributed by atoms with E-state index in [-0.39, 0.29) is 0 Å². The predicted octanol–water partition coefficient (Wildman–Crippen LogP) is 20.3. The van der Waals surface area contributed by atoms with Crippen LogP contribution in [0.3, 0.4) is 0 Å². The highest BCUT2D eigenvalue weighted by Gasteiger charge is 2.28. The summed E-state index contributed by atoms with van der Waals surface area (Å²) in [6.07, 6.45) is 0. The minimum absolute atomic E-state index is 0.458. The third-order valence-corrected chi connectivity index (χ3v) is 17.5. The Kier molecular flexibility index (Phi) is 13.7. The molecule has 0 N–H and O–H groups in total. The average molecular weight is 1210 g/mol. The number of pyridine rings is 2. The molecular weight excluding hydrogens is 1150 g/mol. The minimum atomic E-state index is 0.458. The lowest BCUT2D eigenvalue weighted by atomic mass is 10.0. The molecule has 0 bridgehead atoms. The molecule has 6 heterocycles. The molecule has 0 radical (unpaired) electrons. The van der Waals surface area contributed by atoms with Crippen LogP contribution >= 0.6 is 0 Å². The first-order chi connectivity index (χ1) is 46.4. The molecule has 0 spiro atoms. The van der Waals surface area contributed by atoms with Gasteiger partial charge in [-0.2, -0.15) is 0 Å². The largest absolute Gasteiger partial charge is 0.309 e. The van der Waals surface area contributed by atoms with Gasteiger partial charge in [-0.1, -0.05) is 230 Å². The lowest BCUT2D eigenvalue weighted by molar-refractivity contribution is 1.05. The van der Waals surface area contributed by atoms with E-state index in [1.807, 2.05) is 84.9 Å². The summed E-state index contributed by atoms with van der Waals surface area (Å²) in [5, 5.41) is 4.27. The Morgan fingerprint density at radius 3 is 0.851 bits per heavy atom. The van der Waals surface area contributed by atoms with E-state index in [2.05, 4.69) is 241 Å². The molecule has 10 heteroatoms. The van der Waals surface area contributed by atoms with Gasteiger partial charge in [0.1, 0.15) is 0 Å². The van der Waals surface area contributed by atoms with Crippen molar-refractivity contribution in [1.29, 1.82) is 0 Å². The summed E-state index contributed by atoms with van der Waals surface area (Å²) in [5.41, 5.74) is 20.2. The van der Waals surface area contributed by atoms with Crippen molar-refractivity contribution >= 4 is 43.6 Å². The zero-order valence-corrected chi connectivity index (χ0v) is 51.3. The van der Waals surface area contributed by atoms with E-state index in [9.17, 15) is 0 Å². The van der Waals surface area contributed by atoms with Crippen LogP contribution in [0.15, 0.2) is 303 Å². The van der Waals surface area contributed by atoms with Gasteiger partial charge in [0, 0.05) is 82.9 Å². The van der Waals surface area contributed by atoms with Gasteiger partial charge in [-0.3, -0.25) is 0 Å². The standard InChI is InChI=1S/C84H56N10/c1-53-39-43-76-64(47-53)65-48-54(2)40-44-77(65)94(76)78-68(83-89-79(57-27-13-5-14-28-57)87-80(90-83)58-29-15-6-16-30-58)51-63(52-69(78)84-91-81(59-31-17-7-18-32-59)88-82(92-84)60-33-19-8-20-34-60)93-74-45-41-61(72-37-21-35-70(85-72)55-23-9-3-10-24-55)49-66(74)67-50-62(42-46-75(67)93)73-38-22-36-71(86-73)56-25-11-4-12-26-56/h3-52H,1-2H3. The highest BCUT2D eigenvalue weighted by atomic mass is 15.1. The lowest BCUT2D eigenvalue weighted by Crippen LogP contribution is -2.09. The Morgan fingerprint density at radius 2 is 0.500 bits per heavy atom. The first-order valence-corrected chi connectivity index (χ1v) is 31.5. The molecule has 94 heavy (non-hydrogen) atoms. The quantitative estimate of drug-likeness (QED) is 0.119. The molecule has 17 aromatic rings. The summed E-state index contributed by atoms with van der Waals surface area (Å²) in [6.45, 7) is 4.31. The molecule has 0 aliphatic rings. The maximum absolute atomic E-state index is 5.61. The molecule has 6 aromatic heterocycles. The normalized spacial score (nSPS) is 11.5. The van der Waals surface area contributed by atoms with Crippen LogP contribution in [0.2, 0.25) is 0 Å². The van der Waals surface area contributed by atoms with Crippen molar-refractivity contribution in [2.24, 2.45) is 0 Å². The molecule has 0 saturated carbocycles. The summed E-state index contributed by atoms with van der Waals surface area (Å²) in [7, 11) is 0. The molecule has 0 aliphatic carbocycles. The van der Waals surface area contributed by atoms with E-state index in [1.165, 1.54) is 0 Å². The summed E-state index contributed by atoms with van der Waals surface area (Å²) in [6, 6.07) is 105. The van der Waals surface area contributed by atoms with Gasteiger partial charge in [0.25, 0.3) is 0 Å². The number of aryl methyl sites for hydroxylation is 2. The van der Waals surface area contributed by atoms with Crippen molar-refractivity contribution in [2.75, 3.05) is 0 Å². The fourth-order valence-corrected chi connectivity index (χ4v) is 13.0. The van der Waals surface area contributed by atoms with Crippen LogP contribution in [0, 0.1) is 13.8 Å². The lowest BCUT2D eigenvalue weighted by Gasteiger charge is -2.21. The van der Waals surface area contributed by atoms with Crippen molar-refractivity contribution in [3.63, 3.8) is 0 Å². The second-order valence-electron chi connectivity index (χ2n) is 23.7. The number of hydrogen-bond donors (Lipinski definition) is 0. The number of rotatable bonds is 12. The van der Waals surface area contributed by atoms with Gasteiger partial charge < -0.3 is 9.13 Å². The van der Waals surface area contributed by atoms with Crippen LogP contribution < -0.4 is 0 Å². The first kappa shape index (κ1) is 55.4. The van der Waals surface area contributed by atoms with Crippen molar-refractivity contribution in [2.45, 2.75) is 13.8 Å². The summed E-state index contributed by atoms with van der Waals surface area (Å²) < 4.78 is 4.74. The summed E-state index contributed by atoms with van der Waals surface area (Å²) in [5.74, 6) is 3.03. The first-order valence-electron chi connectivity index (χ1n) is 31.5. The van der Waals surface area contributed by atoms with E-state index >= 15 is 0 Å². The topological polar surface area (TPSA) is 113 Å². The van der Waals surface area contributed by atoms with Gasteiger partial charge in [0.2, 0.25) is 0 Å². The van der Waals surface area contributed by atoms with Crippen LogP contribution in [-0.4, -0.2) is 49.0 Å². The number of hydrogen-bond acceptors (Lipinski definition) is 8. The Morgan fingerprint density at radius 1 is 0.213 bits per heavy atom. The Labute approximate surface area is 542 Å². The molecule has 0 fully saturated rings. The zero-order valence-electron chi connectivity index (χ0n) is 51.3. The van der Waals surface area contributed by atoms with E-state index in [0.29, 0.717) is 34.9 Å². The fraction of sp³-hybridized carbons (Fsp3) is 0.0238. The van der Waals surface area contributed by atoms with E-state index in [0.717, 1.165) is 145 Å². The number of benzene rings is 11. The molecular formula is C84H56N10. The monoisotopic (exact) mass is 1200 g/mol. The molecule has 442 valence electrons. The van der Waals surface area contributed by atoms with Crippen molar-refractivity contribution < 1.29 is 0 Å².